The molecular formula is C21H21NO5. The highest BCUT2D eigenvalue weighted by atomic mass is 16.7. The summed E-state index contributed by atoms with van der Waals surface area (Å²) in [5, 5.41) is 11.2. The number of ether oxygens (including phenoxy) is 4. The topological polar surface area (TPSA) is 60.4 Å². The van der Waals surface area contributed by atoms with Gasteiger partial charge in [-0.15, -0.1) is 0 Å². The van der Waals surface area contributed by atoms with Gasteiger partial charge in [-0.2, -0.15) is 0 Å². The van der Waals surface area contributed by atoms with Crippen LogP contribution in [0.3, 0.4) is 0 Å². The van der Waals surface area contributed by atoms with Crippen LogP contribution in [0.1, 0.15) is 35.4 Å². The standard InChI is InChI=1S/C21H21NO5/c1-11-13-4-5-15(24-2)20(25-3)18(13)21(23)22-7-6-12-8-16-17(27-10-26-16)9-14(12)19(11)22/h4-5,8-9,21,23H,6-7,10H2,1-3H3. The summed E-state index contributed by atoms with van der Waals surface area (Å²) in [6.07, 6.45) is 0.0175. The molecular weight excluding hydrogens is 346 g/mol. The van der Waals surface area contributed by atoms with E-state index in [9.17, 15) is 5.11 Å². The monoisotopic (exact) mass is 367 g/mol. The number of aliphatic hydroxyl groups excluding tert-OH is 1. The highest BCUT2D eigenvalue weighted by Gasteiger charge is 2.38. The fraction of sp³-hybridized carbons (Fsp3) is 0.333. The van der Waals surface area contributed by atoms with Gasteiger partial charge in [-0.1, -0.05) is 6.07 Å². The minimum absolute atomic E-state index is 0.252. The third-order valence-electron chi connectivity index (χ3n) is 5.66. The molecule has 3 aliphatic rings. The molecule has 0 amide bonds. The number of hydrogen-bond acceptors (Lipinski definition) is 6. The van der Waals surface area contributed by atoms with Crippen molar-refractivity contribution in [1.29, 1.82) is 0 Å². The summed E-state index contributed by atoms with van der Waals surface area (Å²) in [6.45, 7) is 3.04. The van der Waals surface area contributed by atoms with Gasteiger partial charge in [0.15, 0.2) is 29.2 Å². The van der Waals surface area contributed by atoms with Gasteiger partial charge in [0.25, 0.3) is 0 Å². The SMILES string of the molecule is COc1ccc2c(c1OC)C(O)N1CCc3cc4c(cc3C1=C2C)OCO4. The van der Waals surface area contributed by atoms with Crippen LogP contribution in [0.2, 0.25) is 0 Å². The molecule has 6 heteroatoms. The maximum Gasteiger partial charge on any atom is 0.231 e. The van der Waals surface area contributed by atoms with E-state index >= 15 is 0 Å². The molecule has 0 radical (unpaired) electrons. The van der Waals surface area contributed by atoms with Crippen LogP contribution in [-0.4, -0.2) is 37.6 Å². The van der Waals surface area contributed by atoms with Gasteiger partial charge in [-0.25, -0.2) is 0 Å². The Kier molecular flexibility index (Phi) is 3.52. The molecule has 27 heavy (non-hydrogen) atoms. The lowest BCUT2D eigenvalue weighted by atomic mass is 9.85. The average molecular weight is 367 g/mol. The largest absolute Gasteiger partial charge is 0.493 e. The van der Waals surface area contributed by atoms with Crippen LogP contribution >= 0.6 is 0 Å². The van der Waals surface area contributed by atoms with Crippen LogP contribution in [0, 0.1) is 0 Å². The summed E-state index contributed by atoms with van der Waals surface area (Å²) in [6, 6.07) is 7.96. The van der Waals surface area contributed by atoms with Crippen molar-refractivity contribution in [3.63, 3.8) is 0 Å². The zero-order valence-electron chi connectivity index (χ0n) is 15.5. The Labute approximate surface area is 157 Å². The molecule has 0 fully saturated rings. The van der Waals surface area contributed by atoms with E-state index in [0.717, 1.165) is 45.9 Å². The second-order valence-electron chi connectivity index (χ2n) is 6.92. The molecule has 1 atom stereocenters. The molecule has 0 aliphatic carbocycles. The number of methoxy groups -OCH3 is 2. The van der Waals surface area contributed by atoms with Gasteiger partial charge in [0, 0.05) is 12.1 Å². The summed E-state index contributed by atoms with van der Waals surface area (Å²) in [4.78, 5) is 2.03. The molecule has 0 bridgehead atoms. The van der Waals surface area contributed by atoms with Crippen LogP contribution in [0.25, 0.3) is 11.3 Å². The lowest BCUT2D eigenvalue weighted by molar-refractivity contribution is 0.0389. The second-order valence-corrected chi connectivity index (χ2v) is 6.92. The van der Waals surface area contributed by atoms with Crippen LogP contribution in [0.15, 0.2) is 24.3 Å². The fourth-order valence-corrected chi connectivity index (χ4v) is 4.40. The smallest absolute Gasteiger partial charge is 0.231 e. The van der Waals surface area contributed by atoms with Crippen molar-refractivity contribution in [3.8, 4) is 23.0 Å². The summed E-state index contributed by atoms with van der Waals surface area (Å²) in [5.74, 6) is 2.75. The first-order valence-electron chi connectivity index (χ1n) is 8.97. The molecule has 140 valence electrons. The zero-order valence-corrected chi connectivity index (χ0v) is 15.5. The quantitative estimate of drug-likeness (QED) is 0.880. The molecule has 1 N–H and O–H groups in total. The van der Waals surface area contributed by atoms with E-state index in [1.807, 2.05) is 23.1 Å². The lowest BCUT2D eigenvalue weighted by Gasteiger charge is -2.42. The lowest BCUT2D eigenvalue weighted by Crippen LogP contribution is -2.36. The molecule has 1 unspecified atom stereocenters. The first-order chi connectivity index (χ1) is 13.1. The Morgan fingerprint density at radius 2 is 1.85 bits per heavy atom. The van der Waals surface area contributed by atoms with E-state index in [2.05, 4.69) is 13.0 Å². The van der Waals surface area contributed by atoms with Crippen molar-refractivity contribution in [2.75, 3.05) is 27.6 Å². The third kappa shape index (κ3) is 2.16. The number of aliphatic hydroxyl groups is 1. The Morgan fingerprint density at radius 3 is 2.59 bits per heavy atom. The zero-order chi connectivity index (χ0) is 18.7. The van der Waals surface area contributed by atoms with Gasteiger partial charge in [0.05, 0.1) is 25.5 Å². The summed E-state index contributed by atoms with van der Waals surface area (Å²) >= 11 is 0. The van der Waals surface area contributed by atoms with E-state index in [4.69, 9.17) is 18.9 Å². The number of fused-ring (bicyclic) bond motifs is 5. The van der Waals surface area contributed by atoms with Crippen molar-refractivity contribution >= 4 is 11.3 Å². The van der Waals surface area contributed by atoms with Crippen LogP contribution in [0.5, 0.6) is 23.0 Å². The molecule has 2 aromatic rings. The second kappa shape index (κ2) is 5.82. The highest BCUT2D eigenvalue weighted by Crippen LogP contribution is 2.51. The number of benzene rings is 2. The normalized spacial score (nSPS) is 19.4. The Morgan fingerprint density at radius 1 is 1.07 bits per heavy atom. The van der Waals surface area contributed by atoms with Gasteiger partial charge in [0.1, 0.15) is 0 Å². The number of nitrogens with zero attached hydrogens (tertiary/aromatic N) is 1. The van der Waals surface area contributed by atoms with E-state index in [-0.39, 0.29) is 6.79 Å². The van der Waals surface area contributed by atoms with Gasteiger partial charge in [-0.05, 0) is 48.2 Å². The summed E-state index contributed by atoms with van der Waals surface area (Å²) < 4.78 is 22.1. The van der Waals surface area contributed by atoms with E-state index in [1.165, 1.54) is 5.56 Å². The van der Waals surface area contributed by atoms with Gasteiger partial charge < -0.3 is 29.0 Å². The predicted molar refractivity (Wildman–Crippen MR) is 100.0 cm³/mol. The van der Waals surface area contributed by atoms with Crippen molar-refractivity contribution in [3.05, 3.63) is 46.5 Å². The van der Waals surface area contributed by atoms with Crippen LogP contribution in [-0.2, 0) is 6.42 Å². The molecule has 0 aromatic heterocycles. The molecule has 3 heterocycles. The average Bonchev–Trinajstić information content (AvgIpc) is 3.15. The number of hydrogen-bond donors (Lipinski definition) is 1. The Bertz CT molecular complexity index is 981. The van der Waals surface area contributed by atoms with Crippen LogP contribution < -0.4 is 18.9 Å². The van der Waals surface area contributed by atoms with Crippen molar-refractivity contribution in [2.24, 2.45) is 0 Å². The molecule has 2 aromatic carbocycles. The molecule has 6 nitrogen and oxygen atoms in total. The number of allylic oxidation sites excluding steroid dienone is 1. The number of rotatable bonds is 2. The third-order valence-corrected chi connectivity index (χ3v) is 5.66. The molecule has 3 aliphatic heterocycles. The minimum atomic E-state index is -0.803. The maximum atomic E-state index is 11.2. The maximum absolute atomic E-state index is 11.2. The predicted octanol–water partition coefficient (Wildman–Crippen LogP) is 3.18. The van der Waals surface area contributed by atoms with Crippen molar-refractivity contribution < 1.29 is 24.1 Å². The van der Waals surface area contributed by atoms with Gasteiger partial charge >= 0.3 is 0 Å². The summed E-state index contributed by atoms with van der Waals surface area (Å²) in [7, 11) is 3.21. The minimum Gasteiger partial charge on any atom is -0.493 e. The first kappa shape index (κ1) is 16.3. The van der Waals surface area contributed by atoms with E-state index < -0.39 is 6.23 Å². The highest BCUT2D eigenvalue weighted by molar-refractivity contribution is 5.94. The molecule has 0 saturated carbocycles. The first-order valence-corrected chi connectivity index (χ1v) is 8.97. The summed E-state index contributed by atoms with van der Waals surface area (Å²) in [5.41, 5.74) is 6.14. The van der Waals surface area contributed by atoms with E-state index in [0.29, 0.717) is 18.0 Å². The van der Waals surface area contributed by atoms with Crippen LogP contribution in [0.4, 0.5) is 0 Å². The molecule has 0 spiro atoms. The van der Waals surface area contributed by atoms with Gasteiger partial charge in [0.2, 0.25) is 6.79 Å². The molecule has 5 rings (SSSR count). The Hall–Kier alpha value is -2.86. The molecule has 0 saturated heterocycles. The van der Waals surface area contributed by atoms with Crippen molar-refractivity contribution in [2.45, 2.75) is 19.6 Å². The van der Waals surface area contributed by atoms with Crippen molar-refractivity contribution in [1.82, 2.24) is 4.90 Å². The Balaban J connectivity index is 1.76. The van der Waals surface area contributed by atoms with Gasteiger partial charge in [-0.3, -0.25) is 0 Å². The van der Waals surface area contributed by atoms with E-state index in [1.54, 1.807) is 14.2 Å². The fourth-order valence-electron chi connectivity index (χ4n) is 4.40.